The number of carbonyl (C=O) groups is 1. The second kappa shape index (κ2) is 7.71. The van der Waals surface area contributed by atoms with Crippen LogP contribution in [0.15, 0.2) is 24.3 Å². The summed E-state index contributed by atoms with van der Waals surface area (Å²) in [5.41, 5.74) is 1.26. The molecule has 0 aromatic heterocycles. The minimum absolute atomic E-state index is 0.396. The van der Waals surface area contributed by atoms with Crippen LogP contribution in [0.3, 0.4) is 0 Å². The van der Waals surface area contributed by atoms with E-state index in [1.54, 1.807) is 12.1 Å². The number of rotatable bonds is 6. The van der Waals surface area contributed by atoms with E-state index < -0.39 is 6.16 Å². The minimum Gasteiger partial charge on any atom is -0.434 e. The number of aryl methyl sites for hydroxylation is 1. The van der Waals surface area contributed by atoms with Gasteiger partial charge in [-0.15, -0.1) is 0 Å². The fourth-order valence-electron chi connectivity index (χ4n) is 1.42. The Bertz CT molecular complexity index is 330. The molecule has 0 N–H and O–H groups in total. The molecular formula is C14H20O3. The zero-order valence-corrected chi connectivity index (χ0v) is 10.6. The summed E-state index contributed by atoms with van der Waals surface area (Å²) in [6.07, 6.45) is 3.59. The van der Waals surface area contributed by atoms with Crippen molar-refractivity contribution in [3.63, 3.8) is 0 Å². The summed E-state index contributed by atoms with van der Waals surface area (Å²) in [7, 11) is 0. The standard InChI is InChI=1S/C14H20O3/c1-3-5-6-12-7-9-13(10-8-12)17-14(15)16-11-4-2/h7-10H,3-6,11H2,1-2H3. The monoisotopic (exact) mass is 236 g/mol. The van der Waals surface area contributed by atoms with Gasteiger partial charge in [-0.1, -0.05) is 32.4 Å². The molecule has 0 fully saturated rings. The highest BCUT2D eigenvalue weighted by atomic mass is 16.7. The van der Waals surface area contributed by atoms with E-state index in [-0.39, 0.29) is 0 Å². The Balaban J connectivity index is 2.42. The van der Waals surface area contributed by atoms with Crippen LogP contribution in [0.1, 0.15) is 38.7 Å². The lowest BCUT2D eigenvalue weighted by molar-refractivity contribution is 0.0991. The van der Waals surface area contributed by atoms with Gasteiger partial charge in [0.25, 0.3) is 0 Å². The van der Waals surface area contributed by atoms with Crippen LogP contribution in [-0.4, -0.2) is 12.8 Å². The first kappa shape index (κ1) is 13.6. The van der Waals surface area contributed by atoms with Crippen LogP contribution in [0.5, 0.6) is 5.75 Å². The largest absolute Gasteiger partial charge is 0.513 e. The zero-order chi connectivity index (χ0) is 12.5. The topological polar surface area (TPSA) is 35.5 Å². The first-order valence-corrected chi connectivity index (χ1v) is 6.19. The number of hydrogen-bond donors (Lipinski definition) is 0. The molecule has 0 spiro atoms. The molecule has 0 heterocycles. The lowest BCUT2D eigenvalue weighted by Crippen LogP contribution is -2.10. The van der Waals surface area contributed by atoms with Gasteiger partial charge in [0.2, 0.25) is 0 Å². The van der Waals surface area contributed by atoms with Gasteiger partial charge in [-0.25, -0.2) is 4.79 Å². The van der Waals surface area contributed by atoms with Crippen molar-refractivity contribution in [2.75, 3.05) is 6.61 Å². The Morgan fingerprint density at radius 3 is 2.41 bits per heavy atom. The van der Waals surface area contributed by atoms with Gasteiger partial charge in [0.1, 0.15) is 5.75 Å². The van der Waals surface area contributed by atoms with Crippen molar-refractivity contribution < 1.29 is 14.3 Å². The Hall–Kier alpha value is -1.51. The van der Waals surface area contributed by atoms with Crippen molar-refractivity contribution in [3.05, 3.63) is 29.8 Å². The second-order valence-electron chi connectivity index (χ2n) is 3.95. The summed E-state index contributed by atoms with van der Waals surface area (Å²) in [5.74, 6) is 0.534. The molecule has 0 amide bonds. The van der Waals surface area contributed by atoms with Crippen LogP contribution in [0.2, 0.25) is 0 Å². The minimum atomic E-state index is -0.631. The van der Waals surface area contributed by atoms with E-state index in [0.29, 0.717) is 12.4 Å². The highest BCUT2D eigenvalue weighted by molar-refractivity contribution is 5.63. The van der Waals surface area contributed by atoms with Gasteiger partial charge in [0.05, 0.1) is 6.61 Å². The van der Waals surface area contributed by atoms with Crippen molar-refractivity contribution in [3.8, 4) is 5.75 Å². The predicted molar refractivity (Wildman–Crippen MR) is 67.3 cm³/mol. The first-order chi connectivity index (χ1) is 8.26. The molecule has 0 saturated carbocycles. The fraction of sp³-hybridized carbons (Fsp3) is 0.500. The Labute approximate surface area is 103 Å². The third-order valence-electron chi connectivity index (χ3n) is 2.37. The van der Waals surface area contributed by atoms with Gasteiger partial charge in [-0.05, 0) is 37.0 Å². The van der Waals surface area contributed by atoms with Gasteiger partial charge >= 0.3 is 6.16 Å². The third-order valence-corrected chi connectivity index (χ3v) is 2.37. The molecule has 0 aliphatic heterocycles. The van der Waals surface area contributed by atoms with Crippen LogP contribution in [0.4, 0.5) is 4.79 Å². The van der Waals surface area contributed by atoms with Crippen molar-refractivity contribution in [1.82, 2.24) is 0 Å². The predicted octanol–water partition coefficient (Wildman–Crippen LogP) is 3.95. The maximum Gasteiger partial charge on any atom is 0.513 e. The molecule has 0 bridgehead atoms. The van der Waals surface area contributed by atoms with Gasteiger partial charge in [-0.3, -0.25) is 0 Å². The Morgan fingerprint density at radius 1 is 1.12 bits per heavy atom. The number of carbonyl (C=O) groups excluding carboxylic acids is 1. The quantitative estimate of drug-likeness (QED) is 0.554. The lowest BCUT2D eigenvalue weighted by Gasteiger charge is -2.05. The lowest BCUT2D eigenvalue weighted by atomic mass is 10.1. The molecule has 0 unspecified atom stereocenters. The summed E-state index contributed by atoms with van der Waals surface area (Å²) >= 11 is 0. The van der Waals surface area contributed by atoms with Gasteiger partial charge in [-0.2, -0.15) is 0 Å². The normalized spacial score (nSPS) is 10.0. The molecule has 0 atom stereocenters. The Kier molecular flexibility index (Phi) is 6.15. The summed E-state index contributed by atoms with van der Waals surface area (Å²) in [6, 6.07) is 7.58. The average Bonchev–Trinajstić information content (AvgIpc) is 2.35. The molecule has 3 nitrogen and oxygen atoms in total. The number of ether oxygens (including phenoxy) is 2. The van der Waals surface area contributed by atoms with Crippen molar-refractivity contribution in [2.45, 2.75) is 39.5 Å². The Morgan fingerprint density at radius 2 is 1.82 bits per heavy atom. The fourth-order valence-corrected chi connectivity index (χ4v) is 1.42. The van der Waals surface area contributed by atoms with E-state index in [1.165, 1.54) is 18.4 Å². The summed E-state index contributed by atoms with van der Waals surface area (Å²) in [4.78, 5) is 11.2. The first-order valence-electron chi connectivity index (χ1n) is 6.19. The molecule has 0 aliphatic carbocycles. The van der Waals surface area contributed by atoms with Crippen molar-refractivity contribution in [2.24, 2.45) is 0 Å². The molecule has 17 heavy (non-hydrogen) atoms. The van der Waals surface area contributed by atoms with Crippen LogP contribution >= 0.6 is 0 Å². The zero-order valence-electron chi connectivity index (χ0n) is 10.6. The summed E-state index contributed by atoms with van der Waals surface area (Å²) < 4.78 is 9.84. The van der Waals surface area contributed by atoms with Crippen LogP contribution in [-0.2, 0) is 11.2 Å². The van der Waals surface area contributed by atoms with E-state index in [1.807, 2.05) is 19.1 Å². The van der Waals surface area contributed by atoms with Crippen LogP contribution in [0, 0.1) is 0 Å². The molecule has 0 saturated heterocycles. The van der Waals surface area contributed by atoms with Gasteiger partial charge < -0.3 is 9.47 Å². The maximum atomic E-state index is 11.2. The average molecular weight is 236 g/mol. The molecule has 0 radical (unpaired) electrons. The second-order valence-corrected chi connectivity index (χ2v) is 3.95. The number of benzene rings is 1. The van der Waals surface area contributed by atoms with E-state index in [9.17, 15) is 4.79 Å². The molecule has 1 aromatic carbocycles. The van der Waals surface area contributed by atoms with E-state index in [0.717, 1.165) is 12.8 Å². The highest BCUT2D eigenvalue weighted by Gasteiger charge is 2.04. The third kappa shape index (κ3) is 5.38. The highest BCUT2D eigenvalue weighted by Crippen LogP contribution is 2.14. The molecule has 3 heteroatoms. The smallest absolute Gasteiger partial charge is 0.434 e. The number of unbranched alkanes of at least 4 members (excludes halogenated alkanes) is 1. The van der Waals surface area contributed by atoms with Gasteiger partial charge in [0.15, 0.2) is 0 Å². The molecule has 1 aromatic rings. The number of hydrogen-bond acceptors (Lipinski definition) is 3. The maximum absolute atomic E-state index is 11.2. The molecule has 0 aliphatic rings. The van der Waals surface area contributed by atoms with Crippen molar-refractivity contribution >= 4 is 6.16 Å². The summed E-state index contributed by atoms with van der Waals surface area (Å²) in [5, 5.41) is 0. The molecular weight excluding hydrogens is 216 g/mol. The van der Waals surface area contributed by atoms with Gasteiger partial charge in [0, 0.05) is 0 Å². The van der Waals surface area contributed by atoms with E-state index in [2.05, 4.69) is 6.92 Å². The molecule has 1 rings (SSSR count). The van der Waals surface area contributed by atoms with E-state index in [4.69, 9.17) is 9.47 Å². The van der Waals surface area contributed by atoms with Crippen LogP contribution in [0.25, 0.3) is 0 Å². The SMILES string of the molecule is CCCCc1ccc(OC(=O)OCCC)cc1. The molecule has 94 valence electrons. The summed E-state index contributed by atoms with van der Waals surface area (Å²) in [6.45, 7) is 4.50. The van der Waals surface area contributed by atoms with Crippen molar-refractivity contribution in [1.29, 1.82) is 0 Å². The van der Waals surface area contributed by atoms with Crippen LogP contribution < -0.4 is 4.74 Å². The van der Waals surface area contributed by atoms with E-state index >= 15 is 0 Å².